The van der Waals surface area contributed by atoms with Crippen LogP contribution in [0.3, 0.4) is 0 Å². The average Bonchev–Trinajstić information content (AvgIpc) is 2.44. The fourth-order valence-electron chi connectivity index (χ4n) is 1.90. The van der Waals surface area contributed by atoms with E-state index in [-0.39, 0.29) is 37.2 Å². The Bertz CT molecular complexity index is 555. The van der Waals surface area contributed by atoms with Crippen molar-refractivity contribution >= 4 is 11.9 Å². The summed E-state index contributed by atoms with van der Waals surface area (Å²) in [5.41, 5.74) is -0.116. The zero-order valence-corrected chi connectivity index (χ0v) is 12.7. The molecule has 128 valence electrons. The van der Waals surface area contributed by atoms with E-state index in [0.717, 1.165) is 6.07 Å². The Morgan fingerprint density at radius 3 is 2.30 bits per heavy atom. The average molecular weight is 334 g/mol. The standard InChI is InChI=1S/C15H17F3O5/c1-3-21-13(19)9-8-10-11(14(20)22-4-2)6-5-7-12(10)23-15(16,17)18/h5-7H,3-4,8-9H2,1-2H3. The van der Waals surface area contributed by atoms with Gasteiger partial charge in [0.1, 0.15) is 5.75 Å². The molecule has 0 aliphatic heterocycles. The van der Waals surface area contributed by atoms with Gasteiger partial charge in [-0.25, -0.2) is 4.79 Å². The smallest absolute Gasteiger partial charge is 0.466 e. The van der Waals surface area contributed by atoms with Crippen LogP contribution >= 0.6 is 0 Å². The maximum Gasteiger partial charge on any atom is 0.573 e. The third kappa shape index (κ3) is 6.17. The molecule has 1 rings (SSSR count). The van der Waals surface area contributed by atoms with Gasteiger partial charge in [0.05, 0.1) is 18.8 Å². The van der Waals surface area contributed by atoms with Crippen LogP contribution in [0.4, 0.5) is 13.2 Å². The second-order valence-electron chi connectivity index (χ2n) is 4.36. The Morgan fingerprint density at radius 1 is 1.09 bits per heavy atom. The molecule has 0 spiro atoms. The molecule has 0 saturated carbocycles. The Morgan fingerprint density at radius 2 is 1.74 bits per heavy atom. The van der Waals surface area contributed by atoms with E-state index in [2.05, 4.69) is 4.74 Å². The normalized spacial score (nSPS) is 11.0. The molecule has 0 bridgehead atoms. The van der Waals surface area contributed by atoms with Gasteiger partial charge in [-0.3, -0.25) is 4.79 Å². The van der Waals surface area contributed by atoms with Crippen molar-refractivity contribution in [3.8, 4) is 5.75 Å². The fraction of sp³-hybridized carbons (Fsp3) is 0.467. The first-order chi connectivity index (χ1) is 10.8. The lowest BCUT2D eigenvalue weighted by Gasteiger charge is -2.16. The van der Waals surface area contributed by atoms with Crippen LogP contribution in [0, 0.1) is 0 Å². The molecule has 1 aromatic rings. The van der Waals surface area contributed by atoms with Crippen LogP contribution in [0.15, 0.2) is 18.2 Å². The van der Waals surface area contributed by atoms with Crippen LogP contribution in [0.2, 0.25) is 0 Å². The molecule has 0 fully saturated rings. The topological polar surface area (TPSA) is 61.8 Å². The largest absolute Gasteiger partial charge is 0.573 e. The van der Waals surface area contributed by atoms with Crippen molar-refractivity contribution in [2.75, 3.05) is 13.2 Å². The summed E-state index contributed by atoms with van der Waals surface area (Å²) in [5.74, 6) is -1.89. The van der Waals surface area contributed by atoms with Crippen LogP contribution < -0.4 is 4.74 Å². The third-order valence-corrected chi connectivity index (χ3v) is 2.74. The molecule has 23 heavy (non-hydrogen) atoms. The van der Waals surface area contributed by atoms with Gasteiger partial charge in [0.15, 0.2) is 0 Å². The summed E-state index contributed by atoms with van der Waals surface area (Å²) in [6, 6.07) is 3.65. The van der Waals surface area contributed by atoms with Gasteiger partial charge in [0.25, 0.3) is 0 Å². The minimum absolute atomic E-state index is 0.0451. The number of hydrogen-bond acceptors (Lipinski definition) is 5. The summed E-state index contributed by atoms with van der Waals surface area (Å²) in [7, 11) is 0. The van der Waals surface area contributed by atoms with Crippen molar-refractivity contribution in [3.63, 3.8) is 0 Å². The number of hydrogen-bond donors (Lipinski definition) is 0. The Kier molecular flexibility index (Phi) is 6.87. The molecule has 0 saturated heterocycles. The van der Waals surface area contributed by atoms with Crippen LogP contribution in [-0.4, -0.2) is 31.5 Å². The summed E-state index contributed by atoms with van der Waals surface area (Å²) < 4.78 is 51.0. The number of rotatable bonds is 7. The highest BCUT2D eigenvalue weighted by Gasteiger charge is 2.33. The molecule has 0 amide bonds. The number of ether oxygens (including phenoxy) is 3. The maximum atomic E-state index is 12.5. The quantitative estimate of drug-likeness (QED) is 0.716. The lowest BCUT2D eigenvalue weighted by atomic mass is 10.0. The van der Waals surface area contributed by atoms with Gasteiger partial charge in [-0.15, -0.1) is 13.2 Å². The maximum absolute atomic E-state index is 12.5. The van der Waals surface area contributed by atoms with E-state index in [9.17, 15) is 22.8 Å². The molecule has 0 unspecified atom stereocenters. The summed E-state index contributed by atoms with van der Waals surface area (Å²) >= 11 is 0. The summed E-state index contributed by atoms with van der Waals surface area (Å²) in [6.07, 6.45) is -5.23. The highest BCUT2D eigenvalue weighted by Crippen LogP contribution is 2.30. The number of carbonyl (C=O) groups is 2. The highest BCUT2D eigenvalue weighted by atomic mass is 19.4. The Labute approximate surface area is 131 Å². The zero-order chi connectivity index (χ0) is 17.5. The molecule has 0 aromatic heterocycles. The predicted molar refractivity (Wildman–Crippen MR) is 74.0 cm³/mol. The summed E-state index contributed by atoms with van der Waals surface area (Å²) in [6.45, 7) is 3.42. The first kappa shape index (κ1) is 18.8. The molecule has 0 aliphatic carbocycles. The first-order valence-corrected chi connectivity index (χ1v) is 6.98. The van der Waals surface area contributed by atoms with Crippen LogP contribution in [0.5, 0.6) is 5.75 Å². The van der Waals surface area contributed by atoms with Gasteiger partial charge in [0.2, 0.25) is 0 Å². The first-order valence-electron chi connectivity index (χ1n) is 6.98. The van der Waals surface area contributed by atoms with E-state index in [1.165, 1.54) is 12.1 Å². The van der Waals surface area contributed by atoms with Gasteiger partial charge in [0, 0.05) is 12.0 Å². The second kappa shape index (κ2) is 8.40. The highest BCUT2D eigenvalue weighted by molar-refractivity contribution is 5.92. The number of halogens is 3. The fourth-order valence-corrected chi connectivity index (χ4v) is 1.90. The molecule has 0 radical (unpaired) electrons. The summed E-state index contributed by atoms with van der Waals surface area (Å²) in [4.78, 5) is 23.3. The van der Waals surface area contributed by atoms with Crippen LogP contribution in [0.1, 0.15) is 36.2 Å². The molecule has 0 heterocycles. The van der Waals surface area contributed by atoms with Gasteiger partial charge in [-0.2, -0.15) is 0 Å². The van der Waals surface area contributed by atoms with Crippen molar-refractivity contribution in [2.24, 2.45) is 0 Å². The van der Waals surface area contributed by atoms with Gasteiger partial charge >= 0.3 is 18.3 Å². The molecule has 0 aliphatic rings. The van der Waals surface area contributed by atoms with E-state index in [0.29, 0.717) is 0 Å². The van der Waals surface area contributed by atoms with Crippen molar-refractivity contribution in [3.05, 3.63) is 29.3 Å². The molecular formula is C15H17F3O5. The number of alkyl halides is 3. The van der Waals surface area contributed by atoms with Crippen molar-refractivity contribution in [1.82, 2.24) is 0 Å². The van der Waals surface area contributed by atoms with E-state index in [1.54, 1.807) is 13.8 Å². The van der Waals surface area contributed by atoms with E-state index in [4.69, 9.17) is 9.47 Å². The second-order valence-corrected chi connectivity index (χ2v) is 4.36. The molecule has 8 heteroatoms. The molecule has 1 aromatic carbocycles. The van der Waals surface area contributed by atoms with Gasteiger partial charge in [-0.05, 0) is 32.4 Å². The number of esters is 2. The van der Waals surface area contributed by atoms with Crippen molar-refractivity contribution < 1.29 is 37.0 Å². The predicted octanol–water partition coefficient (Wildman–Crippen LogP) is 3.26. The lowest BCUT2D eigenvalue weighted by molar-refractivity contribution is -0.274. The lowest BCUT2D eigenvalue weighted by Crippen LogP contribution is -2.20. The minimum Gasteiger partial charge on any atom is -0.466 e. The summed E-state index contributed by atoms with van der Waals surface area (Å²) in [5, 5.41) is 0. The van der Waals surface area contributed by atoms with Crippen molar-refractivity contribution in [1.29, 1.82) is 0 Å². The Balaban J connectivity index is 3.12. The molecular weight excluding hydrogens is 317 g/mol. The third-order valence-electron chi connectivity index (χ3n) is 2.74. The SMILES string of the molecule is CCOC(=O)CCc1c(OC(F)(F)F)cccc1C(=O)OCC. The molecule has 0 atom stereocenters. The van der Waals surface area contributed by atoms with E-state index in [1.807, 2.05) is 0 Å². The monoisotopic (exact) mass is 334 g/mol. The Hall–Kier alpha value is -2.25. The van der Waals surface area contributed by atoms with E-state index < -0.39 is 24.1 Å². The van der Waals surface area contributed by atoms with Gasteiger partial charge < -0.3 is 14.2 Å². The number of benzene rings is 1. The zero-order valence-electron chi connectivity index (χ0n) is 12.7. The van der Waals surface area contributed by atoms with Gasteiger partial charge in [-0.1, -0.05) is 6.07 Å². The van der Waals surface area contributed by atoms with Crippen LogP contribution in [0.25, 0.3) is 0 Å². The molecule has 5 nitrogen and oxygen atoms in total. The number of carbonyl (C=O) groups excluding carboxylic acids is 2. The van der Waals surface area contributed by atoms with Crippen LogP contribution in [-0.2, 0) is 20.7 Å². The molecule has 0 N–H and O–H groups in total. The van der Waals surface area contributed by atoms with Crippen molar-refractivity contribution in [2.45, 2.75) is 33.1 Å². The van der Waals surface area contributed by atoms with E-state index >= 15 is 0 Å². The minimum atomic E-state index is -4.91.